The third kappa shape index (κ3) is 4.28. The Hall–Kier alpha value is -2.25. The van der Waals surface area contributed by atoms with Crippen LogP contribution < -0.4 is 5.32 Å². The number of halogens is 1. The second kappa shape index (κ2) is 7.97. The van der Waals surface area contributed by atoms with Gasteiger partial charge in [0.05, 0.1) is 5.92 Å². The quantitative estimate of drug-likeness (QED) is 0.809. The van der Waals surface area contributed by atoms with Gasteiger partial charge < -0.3 is 10.2 Å². The molecule has 1 aliphatic rings. The minimum atomic E-state index is -0.301. The standard InChI is InChI=1S/C18H18ClN3O3S/c1-11(23)15-10-26-18(20-15)21-16(24)13-3-2-8-22(9-13)17(25)12-4-6-14(19)7-5-12/h4-7,10,13H,2-3,8-9H2,1H3,(H,20,21,24)/t13-/m1/s1. The largest absolute Gasteiger partial charge is 0.338 e. The van der Waals surface area contributed by atoms with Crippen molar-refractivity contribution >= 4 is 45.7 Å². The van der Waals surface area contributed by atoms with Crippen molar-refractivity contribution in [2.24, 2.45) is 5.92 Å². The molecule has 1 aliphatic heterocycles. The number of amides is 2. The Kier molecular flexibility index (Phi) is 5.68. The summed E-state index contributed by atoms with van der Waals surface area (Å²) in [5, 5.41) is 5.35. The van der Waals surface area contributed by atoms with Crippen molar-refractivity contribution in [2.45, 2.75) is 19.8 Å². The van der Waals surface area contributed by atoms with E-state index in [9.17, 15) is 14.4 Å². The summed E-state index contributed by atoms with van der Waals surface area (Å²) in [7, 11) is 0. The van der Waals surface area contributed by atoms with E-state index in [-0.39, 0.29) is 23.5 Å². The van der Waals surface area contributed by atoms with Gasteiger partial charge in [-0.05, 0) is 37.1 Å². The minimum absolute atomic E-state index is 0.104. The van der Waals surface area contributed by atoms with Crippen LogP contribution in [-0.4, -0.2) is 40.6 Å². The van der Waals surface area contributed by atoms with Gasteiger partial charge in [0.2, 0.25) is 5.91 Å². The summed E-state index contributed by atoms with van der Waals surface area (Å²) in [5.74, 6) is -0.723. The maximum absolute atomic E-state index is 12.6. The molecule has 8 heteroatoms. The fourth-order valence-corrected chi connectivity index (χ4v) is 3.73. The van der Waals surface area contributed by atoms with E-state index >= 15 is 0 Å². The molecule has 1 aromatic carbocycles. The Labute approximate surface area is 160 Å². The van der Waals surface area contributed by atoms with Gasteiger partial charge in [-0.15, -0.1) is 11.3 Å². The van der Waals surface area contributed by atoms with E-state index in [1.54, 1.807) is 34.5 Å². The van der Waals surface area contributed by atoms with E-state index in [2.05, 4.69) is 10.3 Å². The van der Waals surface area contributed by atoms with Crippen LogP contribution in [0.4, 0.5) is 5.13 Å². The fraction of sp³-hybridized carbons (Fsp3) is 0.333. The van der Waals surface area contributed by atoms with E-state index < -0.39 is 0 Å². The molecule has 0 spiro atoms. The second-order valence-corrected chi connectivity index (χ2v) is 7.48. The number of thiazole rings is 1. The van der Waals surface area contributed by atoms with Crippen LogP contribution >= 0.6 is 22.9 Å². The van der Waals surface area contributed by atoms with Gasteiger partial charge in [-0.1, -0.05) is 11.6 Å². The number of rotatable bonds is 4. The number of hydrogen-bond donors (Lipinski definition) is 1. The minimum Gasteiger partial charge on any atom is -0.338 e. The monoisotopic (exact) mass is 391 g/mol. The highest BCUT2D eigenvalue weighted by Crippen LogP contribution is 2.22. The highest BCUT2D eigenvalue weighted by atomic mass is 35.5. The Morgan fingerprint density at radius 1 is 1.27 bits per heavy atom. The van der Waals surface area contributed by atoms with Crippen molar-refractivity contribution in [3.8, 4) is 0 Å². The number of carbonyl (C=O) groups is 3. The van der Waals surface area contributed by atoms with Gasteiger partial charge >= 0.3 is 0 Å². The van der Waals surface area contributed by atoms with E-state index in [1.165, 1.54) is 18.3 Å². The van der Waals surface area contributed by atoms with Gasteiger partial charge in [0, 0.05) is 36.0 Å². The smallest absolute Gasteiger partial charge is 0.253 e. The zero-order chi connectivity index (χ0) is 18.7. The predicted molar refractivity (Wildman–Crippen MR) is 101 cm³/mol. The summed E-state index contributed by atoms with van der Waals surface area (Å²) >= 11 is 7.08. The highest BCUT2D eigenvalue weighted by Gasteiger charge is 2.29. The van der Waals surface area contributed by atoms with Crippen LogP contribution in [0.1, 0.15) is 40.6 Å². The number of aromatic nitrogens is 1. The SMILES string of the molecule is CC(=O)c1csc(NC(=O)[C@@H]2CCCN(C(=O)c3ccc(Cl)cc3)C2)n1. The number of anilines is 1. The first kappa shape index (κ1) is 18.5. The van der Waals surface area contributed by atoms with Crippen molar-refractivity contribution in [2.75, 3.05) is 18.4 Å². The molecule has 6 nitrogen and oxygen atoms in total. The maximum Gasteiger partial charge on any atom is 0.253 e. The predicted octanol–water partition coefficient (Wildman–Crippen LogP) is 3.49. The molecule has 1 N–H and O–H groups in total. The number of piperidine rings is 1. The summed E-state index contributed by atoms with van der Waals surface area (Å²) in [4.78, 5) is 42.2. The van der Waals surface area contributed by atoms with Gasteiger partial charge in [-0.2, -0.15) is 0 Å². The average molecular weight is 392 g/mol. The third-order valence-corrected chi connectivity index (χ3v) is 5.28. The molecular weight excluding hydrogens is 374 g/mol. The Morgan fingerprint density at radius 3 is 2.65 bits per heavy atom. The van der Waals surface area contributed by atoms with Gasteiger partial charge in [0.25, 0.3) is 5.91 Å². The van der Waals surface area contributed by atoms with Crippen LogP contribution in [0, 0.1) is 5.92 Å². The number of nitrogens with zero attached hydrogens (tertiary/aromatic N) is 2. The fourth-order valence-electron chi connectivity index (χ4n) is 2.85. The molecule has 3 rings (SSSR count). The van der Waals surface area contributed by atoms with Gasteiger partial charge in [0.15, 0.2) is 10.9 Å². The van der Waals surface area contributed by atoms with Gasteiger partial charge in [0.1, 0.15) is 5.69 Å². The molecule has 1 fully saturated rings. The van der Waals surface area contributed by atoms with Crippen molar-refractivity contribution in [3.63, 3.8) is 0 Å². The van der Waals surface area contributed by atoms with Crippen LogP contribution in [0.5, 0.6) is 0 Å². The highest BCUT2D eigenvalue weighted by molar-refractivity contribution is 7.14. The topological polar surface area (TPSA) is 79.4 Å². The molecule has 136 valence electrons. The molecule has 1 atom stereocenters. The first-order valence-electron chi connectivity index (χ1n) is 8.26. The molecule has 1 aromatic heterocycles. The number of Topliss-reactive ketones (excluding diaryl/α,β-unsaturated/α-hetero) is 1. The molecule has 0 bridgehead atoms. The first-order valence-corrected chi connectivity index (χ1v) is 9.52. The van der Waals surface area contributed by atoms with Crippen LogP contribution in [0.25, 0.3) is 0 Å². The van der Waals surface area contributed by atoms with Gasteiger partial charge in [-0.3, -0.25) is 14.4 Å². The molecule has 2 aromatic rings. The lowest BCUT2D eigenvalue weighted by Crippen LogP contribution is -2.43. The van der Waals surface area contributed by atoms with Crippen molar-refractivity contribution in [1.29, 1.82) is 0 Å². The van der Waals surface area contributed by atoms with Crippen LogP contribution in [-0.2, 0) is 4.79 Å². The number of likely N-dealkylation sites (tertiary alicyclic amines) is 1. The zero-order valence-corrected chi connectivity index (χ0v) is 15.8. The molecule has 0 aliphatic carbocycles. The zero-order valence-electron chi connectivity index (χ0n) is 14.2. The number of ketones is 1. The Morgan fingerprint density at radius 2 is 2.00 bits per heavy atom. The lowest BCUT2D eigenvalue weighted by Gasteiger charge is -2.32. The number of benzene rings is 1. The Bertz CT molecular complexity index is 834. The molecule has 0 saturated carbocycles. The van der Waals surface area contributed by atoms with Crippen LogP contribution in [0.15, 0.2) is 29.6 Å². The van der Waals surface area contributed by atoms with E-state index in [4.69, 9.17) is 11.6 Å². The van der Waals surface area contributed by atoms with Crippen molar-refractivity contribution < 1.29 is 14.4 Å². The maximum atomic E-state index is 12.6. The van der Waals surface area contributed by atoms with E-state index in [0.29, 0.717) is 40.9 Å². The Balaban J connectivity index is 1.63. The summed E-state index contributed by atoms with van der Waals surface area (Å²) < 4.78 is 0. The molecular formula is C18H18ClN3O3S. The number of hydrogen-bond acceptors (Lipinski definition) is 5. The second-order valence-electron chi connectivity index (χ2n) is 6.18. The number of nitrogens with one attached hydrogen (secondary N) is 1. The normalized spacial score (nSPS) is 17.0. The van der Waals surface area contributed by atoms with E-state index in [0.717, 1.165) is 6.42 Å². The van der Waals surface area contributed by atoms with Crippen LogP contribution in [0.3, 0.4) is 0 Å². The summed E-state index contributed by atoms with van der Waals surface area (Å²) in [6.45, 7) is 2.41. The van der Waals surface area contributed by atoms with Gasteiger partial charge in [-0.25, -0.2) is 4.98 Å². The summed E-state index contributed by atoms with van der Waals surface area (Å²) in [5.41, 5.74) is 0.898. The lowest BCUT2D eigenvalue weighted by atomic mass is 9.96. The van der Waals surface area contributed by atoms with Crippen molar-refractivity contribution in [3.05, 3.63) is 45.9 Å². The molecule has 0 unspecified atom stereocenters. The third-order valence-electron chi connectivity index (χ3n) is 4.27. The summed E-state index contributed by atoms with van der Waals surface area (Å²) in [6.07, 6.45) is 1.47. The summed E-state index contributed by atoms with van der Waals surface area (Å²) in [6, 6.07) is 6.73. The average Bonchev–Trinajstić information content (AvgIpc) is 3.11. The number of carbonyl (C=O) groups excluding carboxylic acids is 3. The molecule has 2 amide bonds. The van der Waals surface area contributed by atoms with E-state index in [1.807, 2.05) is 0 Å². The molecule has 1 saturated heterocycles. The lowest BCUT2D eigenvalue weighted by molar-refractivity contribution is -0.121. The molecule has 2 heterocycles. The first-order chi connectivity index (χ1) is 12.4. The molecule has 0 radical (unpaired) electrons. The van der Waals surface area contributed by atoms with Crippen LogP contribution in [0.2, 0.25) is 5.02 Å². The van der Waals surface area contributed by atoms with Crippen molar-refractivity contribution in [1.82, 2.24) is 9.88 Å². The molecule has 26 heavy (non-hydrogen) atoms.